The van der Waals surface area contributed by atoms with Crippen molar-refractivity contribution in [2.24, 2.45) is 12.8 Å². The third-order valence-electron chi connectivity index (χ3n) is 3.30. The molecule has 2 rings (SSSR count). The second-order valence-corrected chi connectivity index (χ2v) is 4.58. The highest BCUT2D eigenvalue weighted by Crippen LogP contribution is 2.20. The van der Waals surface area contributed by atoms with Gasteiger partial charge in [0.1, 0.15) is 12.4 Å². The van der Waals surface area contributed by atoms with Crippen LogP contribution in [0.3, 0.4) is 0 Å². The molecule has 2 atom stereocenters. The molecule has 1 aliphatic rings. The minimum atomic E-state index is 0.292. The summed E-state index contributed by atoms with van der Waals surface area (Å²) in [5.41, 5.74) is 5.91. The summed E-state index contributed by atoms with van der Waals surface area (Å²) in [5.74, 6) is 1.80. The Hall–Kier alpha value is -0.940. The second kappa shape index (κ2) is 4.93. The number of rotatable bonds is 3. The second-order valence-electron chi connectivity index (χ2n) is 4.58. The molecule has 90 valence electrons. The van der Waals surface area contributed by atoms with Gasteiger partial charge < -0.3 is 15.0 Å². The lowest BCUT2D eigenvalue weighted by atomic mass is 9.94. The molecule has 5 heteroatoms. The Kier molecular flexibility index (Phi) is 3.56. The third kappa shape index (κ3) is 2.59. The van der Waals surface area contributed by atoms with Gasteiger partial charge in [0.15, 0.2) is 5.82 Å². The predicted molar refractivity (Wildman–Crippen MR) is 60.8 cm³/mol. The maximum Gasteiger partial charge on any atom is 0.158 e. The molecule has 1 fully saturated rings. The normalized spacial score (nSPS) is 25.9. The van der Waals surface area contributed by atoms with Gasteiger partial charge in [-0.15, -0.1) is 10.2 Å². The lowest BCUT2D eigenvalue weighted by Gasteiger charge is -2.26. The molecule has 0 saturated heterocycles. The molecular formula is C11H20N4O. The molecule has 16 heavy (non-hydrogen) atoms. The van der Waals surface area contributed by atoms with E-state index in [1.54, 1.807) is 0 Å². The number of hydrogen-bond acceptors (Lipinski definition) is 4. The summed E-state index contributed by atoms with van der Waals surface area (Å²) in [4.78, 5) is 0. The van der Waals surface area contributed by atoms with Crippen LogP contribution in [0.1, 0.15) is 37.3 Å². The van der Waals surface area contributed by atoms with E-state index in [0.717, 1.165) is 30.9 Å². The number of nitrogens with two attached hydrogens (primary N) is 1. The minimum Gasteiger partial charge on any atom is -0.370 e. The molecule has 0 radical (unpaired) electrons. The van der Waals surface area contributed by atoms with Crippen molar-refractivity contribution in [2.45, 2.75) is 51.4 Å². The molecule has 0 bridgehead atoms. The van der Waals surface area contributed by atoms with E-state index >= 15 is 0 Å². The topological polar surface area (TPSA) is 66.0 Å². The molecule has 1 aromatic heterocycles. The Morgan fingerprint density at radius 3 is 2.88 bits per heavy atom. The highest BCUT2D eigenvalue weighted by atomic mass is 16.5. The molecule has 2 unspecified atom stereocenters. The van der Waals surface area contributed by atoms with E-state index < -0.39 is 0 Å². The van der Waals surface area contributed by atoms with Gasteiger partial charge in [0.2, 0.25) is 0 Å². The van der Waals surface area contributed by atoms with Crippen molar-refractivity contribution in [3.8, 4) is 0 Å². The van der Waals surface area contributed by atoms with E-state index in [1.165, 1.54) is 6.42 Å². The zero-order valence-corrected chi connectivity index (χ0v) is 10.0. The average molecular weight is 224 g/mol. The van der Waals surface area contributed by atoms with E-state index in [-0.39, 0.29) is 0 Å². The van der Waals surface area contributed by atoms with Gasteiger partial charge in [0, 0.05) is 13.1 Å². The van der Waals surface area contributed by atoms with Crippen LogP contribution in [0.25, 0.3) is 0 Å². The van der Waals surface area contributed by atoms with Crippen molar-refractivity contribution in [2.75, 3.05) is 0 Å². The molecule has 0 aliphatic heterocycles. The van der Waals surface area contributed by atoms with Gasteiger partial charge in [-0.25, -0.2) is 0 Å². The fourth-order valence-corrected chi connectivity index (χ4v) is 2.10. The van der Waals surface area contributed by atoms with Crippen LogP contribution in [-0.2, 0) is 18.4 Å². The first kappa shape index (κ1) is 11.5. The van der Waals surface area contributed by atoms with Gasteiger partial charge in [-0.1, -0.05) is 0 Å². The summed E-state index contributed by atoms with van der Waals surface area (Å²) < 4.78 is 7.79. The maximum absolute atomic E-state index is 5.91. The molecule has 1 aliphatic carbocycles. The first-order valence-corrected chi connectivity index (χ1v) is 5.89. The van der Waals surface area contributed by atoms with E-state index in [1.807, 2.05) is 18.5 Å². The number of nitrogens with zero attached hydrogens (tertiary/aromatic N) is 3. The van der Waals surface area contributed by atoms with Crippen molar-refractivity contribution in [3.05, 3.63) is 11.6 Å². The largest absolute Gasteiger partial charge is 0.370 e. The van der Waals surface area contributed by atoms with E-state index in [0.29, 0.717) is 18.8 Å². The molecule has 0 spiro atoms. The fourth-order valence-electron chi connectivity index (χ4n) is 2.10. The summed E-state index contributed by atoms with van der Waals surface area (Å²) in [6, 6.07) is 0.306. The number of ether oxygens (including phenoxy) is 1. The Balaban J connectivity index is 1.85. The summed E-state index contributed by atoms with van der Waals surface area (Å²) in [6.45, 7) is 2.47. The Morgan fingerprint density at radius 2 is 2.25 bits per heavy atom. The van der Waals surface area contributed by atoms with Gasteiger partial charge in [0.25, 0.3) is 0 Å². The van der Waals surface area contributed by atoms with Crippen LogP contribution in [-0.4, -0.2) is 26.9 Å². The highest BCUT2D eigenvalue weighted by Gasteiger charge is 2.20. The van der Waals surface area contributed by atoms with Gasteiger partial charge in [0.05, 0.1) is 6.10 Å². The van der Waals surface area contributed by atoms with Crippen LogP contribution in [0.15, 0.2) is 0 Å². The van der Waals surface area contributed by atoms with Gasteiger partial charge in [-0.3, -0.25) is 0 Å². The van der Waals surface area contributed by atoms with Crippen LogP contribution >= 0.6 is 0 Å². The van der Waals surface area contributed by atoms with Crippen molar-refractivity contribution in [1.29, 1.82) is 0 Å². The summed E-state index contributed by atoms with van der Waals surface area (Å²) >= 11 is 0. The zero-order chi connectivity index (χ0) is 11.5. The van der Waals surface area contributed by atoms with Crippen molar-refractivity contribution < 1.29 is 4.74 Å². The SMILES string of the molecule is Cc1nnc(COC2CCCC(N)C2)n1C. The summed E-state index contributed by atoms with van der Waals surface area (Å²) in [5, 5.41) is 8.08. The number of aryl methyl sites for hydroxylation is 1. The van der Waals surface area contributed by atoms with Crippen LogP contribution < -0.4 is 5.73 Å². The molecular weight excluding hydrogens is 204 g/mol. The van der Waals surface area contributed by atoms with Crippen LogP contribution in [0.5, 0.6) is 0 Å². The van der Waals surface area contributed by atoms with E-state index in [9.17, 15) is 0 Å². The zero-order valence-electron chi connectivity index (χ0n) is 10.0. The summed E-state index contributed by atoms with van der Waals surface area (Å²) in [7, 11) is 1.96. The molecule has 0 aromatic carbocycles. The van der Waals surface area contributed by atoms with Crippen LogP contribution in [0, 0.1) is 6.92 Å². The smallest absolute Gasteiger partial charge is 0.158 e. The monoisotopic (exact) mass is 224 g/mol. The summed E-state index contributed by atoms with van der Waals surface area (Å²) in [6.07, 6.45) is 4.68. The minimum absolute atomic E-state index is 0.292. The molecule has 1 heterocycles. The molecule has 5 nitrogen and oxygen atoms in total. The van der Waals surface area contributed by atoms with Crippen LogP contribution in [0.4, 0.5) is 0 Å². The average Bonchev–Trinajstić information content (AvgIpc) is 2.57. The molecule has 1 aromatic rings. The number of hydrogen-bond donors (Lipinski definition) is 1. The van der Waals surface area contributed by atoms with Gasteiger partial charge >= 0.3 is 0 Å². The maximum atomic E-state index is 5.91. The highest BCUT2D eigenvalue weighted by molar-refractivity contribution is 4.90. The lowest BCUT2D eigenvalue weighted by molar-refractivity contribution is 0.00793. The Labute approximate surface area is 96.0 Å². The molecule has 1 saturated carbocycles. The first-order chi connectivity index (χ1) is 7.66. The van der Waals surface area contributed by atoms with Crippen molar-refractivity contribution in [3.63, 3.8) is 0 Å². The third-order valence-corrected chi connectivity index (χ3v) is 3.30. The molecule has 2 N–H and O–H groups in total. The standard InChI is InChI=1S/C11H20N4O/c1-8-13-14-11(15(8)2)7-16-10-5-3-4-9(12)6-10/h9-10H,3-7,12H2,1-2H3. The van der Waals surface area contributed by atoms with Crippen molar-refractivity contribution >= 4 is 0 Å². The van der Waals surface area contributed by atoms with Crippen LogP contribution in [0.2, 0.25) is 0 Å². The van der Waals surface area contributed by atoms with Crippen molar-refractivity contribution in [1.82, 2.24) is 14.8 Å². The van der Waals surface area contributed by atoms with E-state index in [2.05, 4.69) is 10.2 Å². The predicted octanol–water partition coefficient (Wildman–Crippen LogP) is 0.910. The quantitative estimate of drug-likeness (QED) is 0.828. The van der Waals surface area contributed by atoms with Gasteiger partial charge in [-0.2, -0.15) is 0 Å². The number of aromatic nitrogens is 3. The lowest BCUT2D eigenvalue weighted by Crippen LogP contribution is -2.32. The molecule has 0 amide bonds. The van der Waals surface area contributed by atoms with Gasteiger partial charge in [-0.05, 0) is 32.6 Å². The van der Waals surface area contributed by atoms with E-state index in [4.69, 9.17) is 10.5 Å². The fraction of sp³-hybridized carbons (Fsp3) is 0.818. The Morgan fingerprint density at radius 1 is 1.44 bits per heavy atom. The first-order valence-electron chi connectivity index (χ1n) is 5.89. The Bertz CT molecular complexity index is 350.